The predicted octanol–water partition coefficient (Wildman–Crippen LogP) is 2.99. The second-order valence-electron chi connectivity index (χ2n) is 7.45. The number of sulfonamides is 1. The smallest absolute Gasteiger partial charge is 0.360 e. The van der Waals surface area contributed by atoms with Crippen molar-refractivity contribution in [2.24, 2.45) is 0 Å². The van der Waals surface area contributed by atoms with E-state index in [1.165, 1.54) is 36.7 Å². The SMILES string of the molecule is CCOC(=O)c1cc(-c2ccc(OC)c(S(=O)(=O)N(C)C[C@@H]3COc4ccccc4O3)c2)on1. The minimum absolute atomic E-state index is 0.0103. The Morgan fingerprint density at radius 2 is 1.94 bits per heavy atom. The zero-order chi connectivity index (χ0) is 24.3. The van der Waals surface area contributed by atoms with E-state index in [9.17, 15) is 13.2 Å². The number of methoxy groups -OCH3 is 1. The van der Waals surface area contributed by atoms with E-state index in [0.29, 0.717) is 17.1 Å². The number of fused-ring (bicyclic) bond motifs is 1. The third kappa shape index (κ3) is 4.70. The average Bonchev–Trinajstić information content (AvgIpc) is 3.34. The van der Waals surface area contributed by atoms with Crippen LogP contribution in [0, 0.1) is 0 Å². The minimum Gasteiger partial charge on any atom is -0.495 e. The highest BCUT2D eigenvalue weighted by Crippen LogP contribution is 2.34. The summed E-state index contributed by atoms with van der Waals surface area (Å²) in [4.78, 5) is 11.8. The molecule has 0 fully saturated rings. The van der Waals surface area contributed by atoms with Crippen LogP contribution in [0.5, 0.6) is 17.2 Å². The summed E-state index contributed by atoms with van der Waals surface area (Å²) >= 11 is 0. The molecule has 4 rings (SSSR count). The highest BCUT2D eigenvalue weighted by molar-refractivity contribution is 7.89. The molecule has 2 aromatic carbocycles. The molecule has 0 unspecified atom stereocenters. The van der Waals surface area contributed by atoms with Crippen LogP contribution in [-0.2, 0) is 14.8 Å². The van der Waals surface area contributed by atoms with Gasteiger partial charge >= 0.3 is 5.97 Å². The van der Waals surface area contributed by atoms with Crippen LogP contribution >= 0.6 is 0 Å². The van der Waals surface area contributed by atoms with Crippen molar-refractivity contribution < 1.29 is 36.7 Å². The highest BCUT2D eigenvalue weighted by Gasteiger charge is 2.30. The van der Waals surface area contributed by atoms with Crippen molar-refractivity contribution in [2.45, 2.75) is 17.9 Å². The summed E-state index contributed by atoms with van der Waals surface area (Å²) in [5.41, 5.74) is 0.394. The van der Waals surface area contributed by atoms with Crippen molar-refractivity contribution >= 4 is 16.0 Å². The summed E-state index contributed by atoms with van der Waals surface area (Å²) in [5.74, 6) is 0.923. The molecule has 1 aliphatic rings. The Kier molecular flexibility index (Phi) is 6.75. The summed E-state index contributed by atoms with van der Waals surface area (Å²) < 4.78 is 55.1. The number of esters is 1. The lowest BCUT2D eigenvalue weighted by Crippen LogP contribution is -2.41. The largest absolute Gasteiger partial charge is 0.495 e. The van der Waals surface area contributed by atoms with Gasteiger partial charge in [-0.3, -0.25) is 0 Å². The quantitative estimate of drug-likeness (QED) is 0.441. The molecule has 1 aromatic heterocycles. The van der Waals surface area contributed by atoms with Crippen LogP contribution in [-0.4, -0.2) is 63.9 Å². The number of likely N-dealkylation sites (N-methyl/N-ethyl adjacent to an activating group) is 1. The molecule has 0 bridgehead atoms. The molecule has 1 aliphatic heterocycles. The normalized spacial score (nSPS) is 15.2. The Morgan fingerprint density at radius 3 is 2.68 bits per heavy atom. The molecule has 0 radical (unpaired) electrons. The molecule has 0 N–H and O–H groups in total. The van der Waals surface area contributed by atoms with E-state index in [0.717, 1.165) is 0 Å². The number of benzene rings is 2. The maximum absolute atomic E-state index is 13.4. The minimum atomic E-state index is -3.99. The number of hydrogen-bond acceptors (Lipinski definition) is 9. The third-order valence-corrected chi connectivity index (χ3v) is 7.00. The predicted molar refractivity (Wildman–Crippen MR) is 121 cm³/mol. The number of aromatic nitrogens is 1. The van der Waals surface area contributed by atoms with Crippen LogP contribution in [0.2, 0.25) is 0 Å². The highest BCUT2D eigenvalue weighted by atomic mass is 32.2. The summed E-state index contributed by atoms with van der Waals surface area (Å²) in [6.07, 6.45) is -0.495. The Bertz CT molecular complexity index is 1290. The summed E-state index contributed by atoms with van der Waals surface area (Å²) in [5, 5.41) is 3.71. The molecule has 0 aliphatic carbocycles. The first-order valence-corrected chi connectivity index (χ1v) is 11.9. The van der Waals surface area contributed by atoms with Gasteiger partial charge in [-0.25, -0.2) is 13.2 Å². The maximum atomic E-state index is 13.4. The first kappa shape index (κ1) is 23.6. The Morgan fingerprint density at radius 1 is 1.18 bits per heavy atom. The van der Waals surface area contributed by atoms with Gasteiger partial charge in [-0.15, -0.1) is 0 Å². The number of carbonyl (C=O) groups is 1. The summed E-state index contributed by atoms with van der Waals surface area (Å²) in [6.45, 7) is 2.14. The van der Waals surface area contributed by atoms with Gasteiger partial charge in [-0.2, -0.15) is 4.31 Å². The molecule has 0 amide bonds. The molecular weight excluding hydrogens is 464 g/mol. The molecule has 11 heteroatoms. The summed E-state index contributed by atoms with van der Waals surface area (Å²) in [7, 11) is -1.15. The second kappa shape index (κ2) is 9.74. The van der Waals surface area contributed by atoms with Crippen LogP contribution in [0.25, 0.3) is 11.3 Å². The van der Waals surface area contributed by atoms with E-state index < -0.39 is 22.1 Å². The monoisotopic (exact) mass is 488 g/mol. The van der Waals surface area contributed by atoms with Crippen molar-refractivity contribution in [3.05, 3.63) is 54.2 Å². The van der Waals surface area contributed by atoms with Crippen LogP contribution in [0.3, 0.4) is 0 Å². The van der Waals surface area contributed by atoms with Crippen molar-refractivity contribution in [2.75, 3.05) is 33.9 Å². The number of ether oxygens (including phenoxy) is 4. The first-order valence-electron chi connectivity index (χ1n) is 10.5. The average molecular weight is 489 g/mol. The van der Waals surface area contributed by atoms with E-state index in [4.69, 9.17) is 23.5 Å². The number of rotatable bonds is 8. The van der Waals surface area contributed by atoms with Gasteiger partial charge in [0.1, 0.15) is 23.4 Å². The molecule has 0 saturated heterocycles. The molecule has 2 heterocycles. The van der Waals surface area contributed by atoms with Gasteiger partial charge in [0.15, 0.2) is 23.0 Å². The van der Waals surface area contributed by atoms with Gasteiger partial charge in [-0.1, -0.05) is 17.3 Å². The zero-order valence-electron chi connectivity index (χ0n) is 18.9. The fourth-order valence-electron chi connectivity index (χ4n) is 3.45. The Balaban J connectivity index is 1.58. The fourth-order valence-corrected chi connectivity index (χ4v) is 4.83. The molecule has 180 valence electrons. The van der Waals surface area contributed by atoms with Gasteiger partial charge in [0, 0.05) is 18.7 Å². The van der Waals surface area contributed by atoms with Crippen LogP contribution in [0.1, 0.15) is 17.4 Å². The van der Waals surface area contributed by atoms with E-state index in [1.807, 2.05) is 12.1 Å². The molecule has 3 aromatic rings. The van der Waals surface area contributed by atoms with E-state index in [1.54, 1.807) is 25.1 Å². The Labute approximate surface area is 197 Å². The lowest BCUT2D eigenvalue weighted by molar-refractivity contribution is 0.0514. The maximum Gasteiger partial charge on any atom is 0.360 e. The first-order chi connectivity index (χ1) is 16.3. The van der Waals surface area contributed by atoms with Crippen LogP contribution in [0.4, 0.5) is 0 Å². The third-order valence-electron chi connectivity index (χ3n) is 5.16. The van der Waals surface area contributed by atoms with Gasteiger partial charge in [0.25, 0.3) is 0 Å². The Hall–Kier alpha value is -3.57. The van der Waals surface area contributed by atoms with Crippen molar-refractivity contribution in [1.29, 1.82) is 0 Å². The molecule has 0 spiro atoms. The van der Waals surface area contributed by atoms with Gasteiger partial charge in [0.2, 0.25) is 10.0 Å². The number of nitrogens with zero attached hydrogens (tertiary/aromatic N) is 2. The molecule has 10 nitrogen and oxygen atoms in total. The van der Waals surface area contributed by atoms with Crippen LogP contribution < -0.4 is 14.2 Å². The second-order valence-corrected chi connectivity index (χ2v) is 9.46. The number of carbonyl (C=O) groups excluding carboxylic acids is 1. The van der Waals surface area contributed by atoms with Gasteiger partial charge in [-0.05, 0) is 37.3 Å². The van der Waals surface area contributed by atoms with Crippen molar-refractivity contribution in [1.82, 2.24) is 9.46 Å². The van der Waals surface area contributed by atoms with E-state index in [2.05, 4.69) is 5.16 Å². The van der Waals surface area contributed by atoms with Crippen molar-refractivity contribution in [3.8, 4) is 28.6 Å². The summed E-state index contributed by atoms with van der Waals surface area (Å²) in [6, 6.07) is 13.1. The van der Waals surface area contributed by atoms with Crippen LogP contribution in [0.15, 0.2) is 57.9 Å². The van der Waals surface area contributed by atoms with Crippen molar-refractivity contribution in [3.63, 3.8) is 0 Å². The fraction of sp³-hybridized carbons (Fsp3) is 0.304. The van der Waals surface area contributed by atoms with E-state index >= 15 is 0 Å². The molecule has 34 heavy (non-hydrogen) atoms. The zero-order valence-corrected chi connectivity index (χ0v) is 19.7. The van der Waals surface area contributed by atoms with Gasteiger partial charge < -0.3 is 23.5 Å². The number of para-hydroxylation sites is 2. The van der Waals surface area contributed by atoms with E-state index in [-0.39, 0.29) is 41.9 Å². The lowest BCUT2D eigenvalue weighted by atomic mass is 10.1. The number of hydrogen-bond donors (Lipinski definition) is 0. The van der Waals surface area contributed by atoms with Gasteiger partial charge in [0.05, 0.1) is 20.3 Å². The molecule has 0 saturated carbocycles. The topological polar surface area (TPSA) is 117 Å². The lowest BCUT2D eigenvalue weighted by Gasteiger charge is -2.29. The molecule has 1 atom stereocenters. The molecular formula is C23H24N2O8S. The standard InChI is InChI=1S/C23H24N2O8S/c1-4-30-23(26)17-12-21(33-24-17)15-9-10-20(29-3)22(11-15)34(27,28)25(2)13-16-14-31-18-7-5-6-8-19(18)32-16/h5-12,16H,4,13-14H2,1-3H3/t16-/m1/s1.